The second-order valence-electron chi connectivity index (χ2n) is 7.73. The van der Waals surface area contributed by atoms with E-state index in [2.05, 4.69) is 10.6 Å². The summed E-state index contributed by atoms with van der Waals surface area (Å²) in [6.07, 6.45) is 5.01. The third-order valence-electron chi connectivity index (χ3n) is 5.60. The highest BCUT2D eigenvalue weighted by Crippen LogP contribution is 2.26. The minimum absolute atomic E-state index is 0.0268. The van der Waals surface area contributed by atoms with Gasteiger partial charge in [-0.3, -0.25) is 9.59 Å². The molecule has 0 spiro atoms. The zero-order chi connectivity index (χ0) is 22.4. The lowest BCUT2D eigenvalue weighted by atomic mass is 9.96. The van der Waals surface area contributed by atoms with Crippen LogP contribution in [0.4, 0.5) is 5.69 Å². The van der Waals surface area contributed by atoms with Crippen molar-refractivity contribution in [2.75, 3.05) is 18.9 Å². The molecule has 0 saturated heterocycles. The topological polar surface area (TPSA) is 95.6 Å². The molecule has 2 aromatic rings. The number of hydrogen-bond donors (Lipinski definition) is 2. The largest absolute Gasteiger partial charge is 0.352 e. The van der Waals surface area contributed by atoms with Gasteiger partial charge in [0.15, 0.2) is 0 Å². The Labute approximate surface area is 183 Å². The molecule has 31 heavy (non-hydrogen) atoms. The summed E-state index contributed by atoms with van der Waals surface area (Å²) in [6.45, 7) is 2.35. The first-order valence-corrected chi connectivity index (χ1v) is 12.0. The van der Waals surface area contributed by atoms with Crippen molar-refractivity contribution in [3.8, 4) is 0 Å². The Balaban J connectivity index is 1.70. The monoisotopic (exact) mass is 443 g/mol. The lowest BCUT2D eigenvalue weighted by Gasteiger charge is -2.30. The van der Waals surface area contributed by atoms with Crippen LogP contribution in [0.15, 0.2) is 53.4 Å². The molecule has 0 heterocycles. The van der Waals surface area contributed by atoms with E-state index in [0.29, 0.717) is 23.4 Å². The van der Waals surface area contributed by atoms with Gasteiger partial charge < -0.3 is 10.6 Å². The second-order valence-corrected chi connectivity index (χ2v) is 9.73. The maximum Gasteiger partial charge on any atom is 0.255 e. The summed E-state index contributed by atoms with van der Waals surface area (Å²) in [6, 6.07) is 12.6. The first kappa shape index (κ1) is 23.0. The number of carbonyl (C=O) groups excluding carboxylic acids is 2. The predicted octanol–water partition coefficient (Wildman–Crippen LogP) is 3.64. The Morgan fingerprint density at radius 2 is 1.65 bits per heavy atom. The summed E-state index contributed by atoms with van der Waals surface area (Å²) in [4.78, 5) is 24.7. The van der Waals surface area contributed by atoms with Gasteiger partial charge in [0, 0.05) is 36.4 Å². The summed E-state index contributed by atoms with van der Waals surface area (Å²) in [5, 5.41) is 5.46. The summed E-state index contributed by atoms with van der Waals surface area (Å²) < 4.78 is 27.4. The number of benzene rings is 2. The Hall–Kier alpha value is -2.71. The number of nitrogens with one attached hydrogen (secondary N) is 2. The molecule has 3 rings (SSSR count). The minimum atomic E-state index is -3.60. The fourth-order valence-corrected chi connectivity index (χ4v) is 5.21. The zero-order valence-electron chi connectivity index (χ0n) is 17.9. The molecular formula is C23H29N3O4S. The summed E-state index contributed by atoms with van der Waals surface area (Å²) >= 11 is 0. The molecule has 2 aromatic carbocycles. The SMILES string of the molecule is CCNC(=O)c1cccc(NC(=O)c2ccc(S(=O)(=O)N(C)C3CCCCC3)cc2)c1. The average Bonchev–Trinajstić information content (AvgIpc) is 2.79. The molecule has 1 saturated carbocycles. The van der Waals surface area contributed by atoms with Gasteiger partial charge in [-0.1, -0.05) is 25.3 Å². The van der Waals surface area contributed by atoms with Gasteiger partial charge in [-0.25, -0.2) is 8.42 Å². The number of nitrogens with zero attached hydrogens (tertiary/aromatic N) is 1. The van der Waals surface area contributed by atoms with Crippen LogP contribution in [-0.4, -0.2) is 44.2 Å². The van der Waals surface area contributed by atoms with Crippen LogP contribution in [0.3, 0.4) is 0 Å². The molecule has 0 unspecified atom stereocenters. The predicted molar refractivity (Wildman–Crippen MR) is 121 cm³/mol. The maximum absolute atomic E-state index is 12.9. The average molecular weight is 444 g/mol. The Morgan fingerprint density at radius 1 is 0.968 bits per heavy atom. The van der Waals surface area contributed by atoms with Gasteiger partial charge in [0.05, 0.1) is 4.90 Å². The molecule has 2 amide bonds. The highest BCUT2D eigenvalue weighted by Gasteiger charge is 2.29. The smallest absolute Gasteiger partial charge is 0.255 e. The van der Waals surface area contributed by atoms with Crippen molar-refractivity contribution in [1.82, 2.24) is 9.62 Å². The fraction of sp³-hybridized carbons (Fsp3) is 0.391. The van der Waals surface area contributed by atoms with Gasteiger partial charge in [-0.05, 0) is 62.2 Å². The molecule has 1 fully saturated rings. The van der Waals surface area contributed by atoms with E-state index in [1.807, 2.05) is 6.92 Å². The van der Waals surface area contributed by atoms with Gasteiger partial charge >= 0.3 is 0 Å². The van der Waals surface area contributed by atoms with Crippen LogP contribution >= 0.6 is 0 Å². The van der Waals surface area contributed by atoms with Crippen molar-refractivity contribution in [2.24, 2.45) is 0 Å². The number of hydrogen-bond acceptors (Lipinski definition) is 4. The van der Waals surface area contributed by atoms with Gasteiger partial charge in [-0.2, -0.15) is 4.31 Å². The van der Waals surface area contributed by atoms with Gasteiger partial charge in [0.25, 0.3) is 11.8 Å². The number of rotatable bonds is 7. The van der Waals surface area contributed by atoms with Crippen LogP contribution in [0, 0.1) is 0 Å². The van der Waals surface area contributed by atoms with Crippen LogP contribution in [0.25, 0.3) is 0 Å². The molecular weight excluding hydrogens is 414 g/mol. The van der Waals surface area contributed by atoms with Crippen LogP contribution in [0.5, 0.6) is 0 Å². The molecule has 8 heteroatoms. The third-order valence-corrected chi connectivity index (χ3v) is 7.53. The summed E-state index contributed by atoms with van der Waals surface area (Å²) in [5.41, 5.74) is 1.28. The lowest BCUT2D eigenvalue weighted by Crippen LogP contribution is -2.38. The van der Waals surface area contributed by atoms with Crippen molar-refractivity contribution in [3.05, 3.63) is 59.7 Å². The molecule has 2 N–H and O–H groups in total. The molecule has 1 aliphatic rings. The first-order chi connectivity index (χ1) is 14.8. The van der Waals surface area contributed by atoms with Crippen molar-refractivity contribution >= 4 is 27.5 Å². The van der Waals surface area contributed by atoms with Crippen molar-refractivity contribution < 1.29 is 18.0 Å². The van der Waals surface area contributed by atoms with E-state index >= 15 is 0 Å². The van der Waals surface area contributed by atoms with E-state index in [-0.39, 0.29) is 22.8 Å². The van der Waals surface area contributed by atoms with E-state index in [4.69, 9.17) is 0 Å². The van der Waals surface area contributed by atoms with Crippen LogP contribution < -0.4 is 10.6 Å². The quantitative estimate of drug-likeness (QED) is 0.683. The normalized spacial score (nSPS) is 14.9. The standard InChI is InChI=1S/C23H29N3O4S/c1-3-24-22(27)18-8-7-9-19(16-18)25-23(28)17-12-14-21(15-13-17)31(29,30)26(2)20-10-5-4-6-11-20/h7-9,12-16,20H,3-6,10-11H2,1-2H3,(H,24,27)(H,25,28). The van der Waals surface area contributed by atoms with Crippen LogP contribution in [0.2, 0.25) is 0 Å². The lowest BCUT2D eigenvalue weighted by molar-refractivity contribution is 0.0954. The van der Waals surface area contributed by atoms with E-state index < -0.39 is 10.0 Å². The molecule has 7 nitrogen and oxygen atoms in total. The zero-order valence-corrected chi connectivity index (χ0v) is 18.7. The number of carbonyl (C=O) groups is 2. The third kappa shape index (κ3) is 5.51. The fourth-order valence-electron chi connectivity index (χ4n) is 3.79. The first-order valence-electron chi connectivity index (χ1n) is 10.6. The van der Waals surface area contributed by atoms with E-state index in [0.717, 1.165) is 32.1 Å². The van der Waals surface area contributed by atoms with E-state index in [1.165, 1.54) is 28.6 Å². The minimum Gasteiger partial charge on any atom is -0.352 e. The van der Waals surface area contributed by atoms with Gasteiger partial charge in [0.1, 0.15) is 0 Å². The molecule has 0 radical (unpaired) electrons. The van der Waals surface area contributed by atoms with E-state index in [1.54, 1.807) is 31.3 Å². The van der Waals surface area contributed by atoms with Crippen molar-refractivity contribution in [1.29, 1.82) is 0 Å². The Morgan fingerprint density at radius 3 is 2.29 bits per heavy atom. The Kier molecular flexibility index (Phi) is 7.46. The molecule has 166 valence electrons. The molecule has 0 atom stereocenters. The number of anilines is 1. The summed E-state index contributed by atoms with van der Waals surface area (Å²) in [5.74, 6) is -0.590. The highest BCUT2D eigenvalue weighted by atomic mass is 32.2. The van der Waals surface area contributed by atoms with Crippen LogP contribution in [-0.2, 0) is 10.0 Å². The molecule has 0 aliphatic heterocycles. The van der Waals surface area contributed by atoms with Crippen molar-refractivity contribution in [2.45, 2.75) is 50.0 Å². The van der Waals surface area contributed by atoms with Gasteiger partial charge in [0.2, 0.25) is 10.0 Å². The van der Waals surface area contributed by atoms with Crippen LogP contribution in [0.1, 0.15) is 59.7 Å². The maximum atomic E-state index is 12.9. The van der Waals surface area contributed by atoms with E-state index in [9.17, 15) is 18.0 Å². The molecule has 1 aliphatic carbocycles. The molecule has 0 aromatic heterocycles. The second kappa shape index (κ2) is 10.1. The number of amides is 2. The number of sulfonamides is 1. The Bertz CT molecular complexity index is 1030. The molecule has 0 bridgehead atoms. The summed E-state index contributed by atoms with van der Waals surface area (Å²) in [7, 11) is -1.97. The van der Waals surface area contributed by atoms with Gasteiger partial charge in [-0.15, -0.1) is 0 Å². The highest BCUT2D eigenvalue weighted by molar-refractivity contribution is 7.89. The van der Waals surface area contributed by atoms with Crippen molar-refractivity contribution in [3.63, 3.8) is 0 Å².